The van der Waals surface area contributed by atoms with Crippen molar-refractivity contribution >= 4 is 27.6 Å². The van der Waals surface area contributed by atoms with Crippen LogP contribution in [-0.2, 0) is 0 Å². The van der Waals surface area contributed by atoms with Crippen molar-refractivity contribution < 1.29 is 5.11 Å². The van der Waals surface area contributed by atoms with Gasteiger partial charge in [0.2, 0.25) is 0 Å². The van der Waals surface area contributed by atoms with Crippen molar-refractivity contribution in [3.63, 3.8) is 0 Å². The lowest BCUT2D eigenvalue weighted by atomic mass is 10.1. The lowest BCUT2D eigenvalue weighted by Crippen LogP contribution is -2.38. The number of aliphatic hydroxyl groups excluding tert-OH is 1. The summed E-state index contributed by atoms with van der Waals surface area (Å²) >= 11 is 0. The Hall–Kier alpha value is -2.14. The monoisotopic (exact) mass is 268 g/mol. The smallest absolute Gasteiger partial charge is 0.138 e. The third-order valence-electron chi connectivity index (χ3n) is 4.01. The van der Waals surface area contributed by atoms with Crippen LogP contribution in [0.5, 0.6) is 0 Å². The molecule has 0 bridgehead atoms. The normalized spacial score (nSPS) is 19.9. The number of aliphatic hydroxyl groups is 1. The van der Waals surface area contributed by atoms with Crippen molar-refractivity contribution in [2.24, 2.45) is 0 Å². The molecule has 3 aromatic rings. The molecular formula is C15H16N4O. The predicted molar refractivity (Wildman–Crippen MR) is 78.8 cm³/mol. The Labute approximate surface area is 116 Å². The first-order valence-corrected chi connectivity index (χ1v) is 6.97. The maximum Gasteiger partial charge on any atom is 0.138 e. The summed E-state index contributed by atoms with van der Waals surface area (Å²) in [6, 6.07) is 4.07. The highest BCUT2D eigenvalue weighted by molar-refractivity contribution is 6.09. The minimum Gasteiger partial charge on any atom is -0.391 e. The Morgan fingerprint density at radius 1 is 1.30 bits per heavy atom. The summed E-state index contributed by atoms with van der Waals surface area (Å²) < 4.78 is 0. The number of aromatic nitrogens is 3. The minimum atomic E-state index is -0.240. The van der Waals surface area contributed by atoms with Gasteiger partial charge in [0.25, 0.3) is 0 Å². The molecule has 0 aromatic carbocycles. The number of nitrogens with one attached hydrogen (secondary N) is 1. The van der Waals surface area contributed by atoms with E-state index in [1.165, 1.54) is 0 Å². The van der Waals surface area contributed by atoms with Crippen LogP contribution in [0.15, 0.2) is 30.7 Å². The van der Waals surface area contributed by atoms with E-state index in [-0.39, 0.29) is 6.10 Å². The van der Waals surface area contributed by atoms with Crippen molar-refractivity contribution in [2.75, 3.05) is 18.0 Å². The van der Waals surface area contributed by atoms with Crippen molar-refractivity contribution in [3.05, 3.63) is 30.7 Å². The molecule has 1 aliphatic heterocycles. The standard InChI is InChI=1S/C15H16N4O/c20-10-2-1-7-19(9-10)13-4-6-16-12-8-18-15-11(14(12)13)3-5-17-15/h3-6,8,10,20H,1-2,7,9H2,(H,17,18). The number of rotatable bonds is 1. The van der Waals surface area contributed by atoms with Gasteiger partial charge in [0.15, 0.2) is 0 Å². The van der Waals surface area contributed by atoms with Crippen LogP contribution in [-0.4, -0.2) is 39.3 Å². The molecule has 1 fully saturated rings. The first kappa shape index (κ1) is 11.7. The number of pyridine rings is 2. The van der Waals surface area contributed by atoms with E-state index < -0.39 is 0 Å². The SMILES string of the molecule is OC1CCCN(c2ccnc3cnc4[nH]ccc4c23)C1. The van der Waals surface area contributed by atoms with Gasteiger partial charge in [-0.2, -0.15) is 0 Å². The summed E-state index contributed by atoms with van der Waals surface area (Å²) in [5.41, 5.74) is 2.92. The van der Waals surface area contributed by atoms with Crippen molar-refractivity contribution in [1.82, 2.24) is 15.0 Å². The molecule has 4 rings (SSSR count). The molecule has 0 spiro atoms. The van der Waals surface area contributed by atoms with Gasteiger partial charge in [-0.1, -0.05) is 0 Å². The average molecular weight is 268 g/mol. The van der Waals surface area contributed by atoms with Gasteiger partial charge in [0.05, 0.1) is 17.8 Å². The number of H-pyrrole nitrogens is 1. The Morgan fingerprint density at radius 3 is 3.15 bits per heavy atom. The first-order valence-electron chi connectivity index (χ1n) is 6.97. The third-order valence-corrected chi connectivity index (χ3v) is 4.01. The summed E-state index contributed by atoms with van der Waals surface area (Å²) in [5, 5.41) is 12.1. The van der Waals surface area contributed by atoms with E-state index in [0.717, 1.165) is 47.0 Å². The van der Waals surface area contributed by atoms with Crippen molar-refractivity contribution in [1.29, 1.82) is 0 Å². The zero-order chi connectivity index (χ0) is 13.5. The Kier molecular flexibility index (Phi) is 2.60. The van der Waals surface area contributed by atoms with Crippen LogP contribution in [0.25, 0.3) is 21.9 Å². The highest BCUT2D eigenvalue weighted by Gasteiger charge is 2.20. The van der Waals surface area contributed by atoms with Crippen LogP contribution in [0.2, 0.25) is 0 Å². The largest absolute Gasteiger partial charge is 0.391 e. The first-order chi connectivity index (χ1) is 9.83. The predicted octanol–water partition coefficient (Wildman–Crippen LogP) is 2.07. The van der Waals surface area contributed by atoms with Crippen LogP contribution in [0, 0.1) is 0 Å². The van der Waals surface area contributed by atoms with Gasteiger partial charge in [-0.05, 0) is 25.0 Å². The fourth-order valence-electron chi connectivity index (χ4n) is 3.07. The summed E-state index contributed by atoms with van der Waals surface area (Å²) in [6.07, 6.45) is 7.19. The Bertz CT molecular complexity index is 767. The lowest BCUT2D eigenvalue weighted by molar-refractivity contribution is 0.154. The van der Waals surface area contributed by atoms with Gasteiger partial charge < -0.3 is 15.0 Å². The Morgan fingerprint density at radius 2 is 2.25 bits per heavy atom. The topological polar surface area (TPSA) is 65.0 Å². The molecule has 1 unspecified atom stereocenters. The van der Waals surface area contributed by atoms with E-state index in [1.807, 2.05) is 24.5 Å². The van der Waals surface area contributed by atoms with Crippen molar-refractivity contribution in [3.8, 4) is 0 Å². The van der Waals surface area contributed by atoms with Gasteiger partial charge in [0, 0.05) is 41.9 Å². The molecule has 1 saturated heterocycles. The van der Waals surface area contributed by atoms with Crippen LogP contribution in [0.3, 0.4) is 0 Å². The lowest BCUT2D eigenvalue weighted by Gasteiger charge is -2.32. The van der Waals surface area contributed by atoms with E-state index in [2.05, 4.69) is 19.9 Å². The Balaban J connectivity index is 1.96. The molecule has 0 saturated carbocycles. The molecule has 102 valence electrons. The number of nitrogens with zero attached hydrogens (tertiary/aromatic N) is 3. The van der Waals surface area contributed by atoms with Crippen LogP contribution in [0.4, 0.5) is 5.69 Å². The molecule has 5 heteroatoms. The molecular weight excluding hydrogens is 252 g/mol. The number of piperidine rings is 1. The van der Waals surface area contributed by atoms with Gasteiger partial charge >= 0.3 is 0 Å². The molecule has 0 aliphatic carbocycles. The summed E-state index contributed by atoms with van der Waals surface area (Å²) in [4.78, 5) is 14.2. The summed E-state index contributed by atoms with van der Waals surface area (Å²) in [5.74, 6) is 0. The van der Waals surface area contributed by atoms with E-state index in [1.54, 1.807) is 6.20 Å². The zero-order valence-corrected chi connectivity index (χ0v) is 11.1. The van der Waals surface area contributed by atoms with Gasteiger partial charge in [-0.25, -0.2) is 4.98 Å². The highest BCUT2D eigenvalue weighted by Crippen LogP contribution is 2.32. The van der Waals surface area contributed by atoms with Crippen LogP contribution in [0.1, 0.15) is 12.8 Å². The maximum atomic E-state index is 9.91. The highest BCUT2D eigenvalue weighted by atomic mass is 16.3. The van der Waals surface area contributed by atoms with Crippen molar-refractivity contribution in [2.45, 2.75) is 18.9 Å². The maximum absolute atomic E-state index is 9.91. The van der Waals surface area contributed by atoms with Crippen LogP contribution >= 0.6 is 0 Å². The number of aromatic amines is 1. The number of β-amino-alcohol motifs (C(OH)–C–C–N with tert-alkyl or cyclic N) is 1. The van der Waals surface area contributed by atoms with E-state index in [4.69, 9.17) is 0 Å². The quantitative estimate of drug-likeness (QED) is 0.709. The number of fused-ring (bicyclic) bond motifs is 3. The van der Waals surface area contributed by atoms with E-state index >= 15 is 0 Å². The molecule has 4 heterocycles. The number of hydrogen-bond acceptors (Lipinski definition) is 4. The molecule has 3 aromatic heterocycles. The van der Waals surface area contributed by atoms with E-state index in [9.17, 15) is 5.11 Å². The number of anilines is 1. The fourth-order valence-corrected chi connectivity index (χ4v) is 3.07. The molecule has 5 nitrogen and oxygen atoms in total. The molecule has 0 radical (unpaired) electrons. The third kappa shape index (κ3) is 1.74. The molecule has 1 atom stereocenters. The minimum absolute atomic E-state index is 0.240. The van der Waals surface area contributed by atoms with Gasteiger partial charge in [0.1, 0.15) is 5.65 Å². The van der Waals surface area contributed by atoms with Crippen LogP contribution < -0.4 is 4.90 Å². The second kappa shape index (κ2) is 4.45. The average Bonchev–Trinajstić information content (AvgIpc) is 2.95. The zero-order valence-electron chi connectivity index (χ0n) is 11.1. The molecule has 0 amide bonds. The van der Waals surface area contributed by atoms with Gasteiger partial charge in [-0.15, -0.1) is 0 Å². The molecule has 2 N–H and O–H groups in total. The fraction of sp³-hybridized carbons (Fsp3) is 0.333. The number of hydrogen-bond donors (Lipinski definition) is 2. The molecule has 20 heavy (non-hydrogen) atoms. The van der Waals surface area contributed by atoms with E-state index in [0.29, 0.717) is 6.54 Å². The van der Waals surface area contributed by atoms with Gasteiger partial charge in [-0.3, -0.25) is 4.98 Å². The second-order valence-electron chi connectivity index (χ2n) is 5.33. The summed E-state index contributed by atoms with van der Waals surface area (Å²) in [6.45, 7) is 1.66. The summed E-state index contributed by atoms with van der Waals surface area (Å²) in [7, 11) is 0. The molecule has 1 aliphatic rings. The second-order valence-corrected chi connectivity index (χ2v) is 5.33.